The molecule has 1 aromatic rings. The molecule has 0 atom stereocenters. The third-order valence-electron chi connectivity index (χ3n) is 5.38. The smallest absolute Gasteiger partial charge is 0.107 e. The highest BCUT2D eigenvalue weighted by Gasteiger charge is 2.47. The van der Waals surface area contributed by atoms with Gasteiger partial charge in [-0.1, -0.05) is 0 Å². The van der Waals surface area contributed by atoms with E-state index in [0.29, 0.717) is 0 Å². The maximum atomic E-state index is 4.57. The topological polar surface area (TPSA) is 24.9 Å². The van der Waals surface area contributed by atoms with E-state index in [-0.39, 0.29) is 0 Å². The van der Waals surface area contributed by atoms with Crippen LogP contribution in [-0.4, -0.2) is 11.0 Å². The molecule has 4 aliphatic rings. The van der Waals surface area contributed by atoms with Crippen molar-refractivity contribution in [3.8, 4) is 0 Å². The van der Waals surface area contributed by atoms with E-state index >= 15 is 0 Å². The Kier molecular flexibility index (Phi) is 2.73. The molecule has 2 nitrogen and oxygen atoms in total. The van der Waals surface area contributed by atoms with Gasteiger partial charge in [0.2, 0.25) is 0 Å². The quantitative estimate of drug-likeness (QED) is 0.903. The highest BCUT2D eigenvalue weighted by Crippen LogP contribution is 2.53. The van der Waals surface area contributed by atoms with Crippen LogP contribution >= 0.6 is 11.3 Å². The van der Waals surface area contributed by atoms with Gasteiger partial charge in [-0.05, 0) is 62.7 Å². The van der Waals surface area contributed by atoms with Crippen LogP contribution in [-0.2, 0) is 6.54 Å². The molecule has 4 aliphatic carbocycles. The zero-order valence-corrected chi connectivity index (χ0v) is 11.9. The molecule has 0 aromatic carbocycles. The van der Waals surface area contributed by atoms with Gasteiger partial charge < -0.3 is 5.32 Å². The molecule has 0 radical (unpaired) electrons. The summed E-state index contributed by atoms with van der Waals surface area (Å²) < 4.78 is 0. The summed E-state index contributed by atoms with van der Waals surface area (Å²) in [6, 6.07) is 0.794. The molecule has 0 amide bonds. The Labute approximate surface area is 113 Å². The summed E-state index contributed by atoms with van der Waals surface area (Å²) in [4.78, 5) is 4.57. The number of hydrogen-bond acceptors (Lipinski definition) is 3. The Morgan fingerprint density at radius 1 is 1.17 bits per heavy atom. The molecule has 1 heterocycles. The van der Waals surface area contributed by atoms with E-state index in [1.54, 1.807) is 17.8 Å². The van der Waals surface area contributed by atoms with Crippen molar-refractivity contribution in [1.82, 2.24) is 10.3 Å². The summed E-state index contributed by atoms with van der Waals surface area (Å²) in [5, 5.41) is 7.27. The van der Waals surface area contributed by atoms with Gasteiger partial charge in [-0.3, -0.25) is 0 Å². The van der Waals surface area contributed by atoms with Gasteiger partial charge >= 0.3 is 0 Å². The van der Waals surface area contributed by atoms with Crippen molar-refractivity contribution in [2.75, 3.05) is 0 Å². The number of aromatic nitrogens is 1. The lowest BCUT2D eigenvalue weighted by molar-refractivity contribution is -0.0142. The van der Waals surface area contributed by atoms with Crippen LogP contribution < -0.4 is 5.32 Å². The van der Waals surface area contributed by atoms with Gasteiger partial charge in [0.1, 0.15) is 5.01 Å². The largest absolute Gasteiger partial charge is 0.307 e. The number of rotatable bonds is 3. The van der Waals surface area contributed by atoms with Crippen molar-refractivity contribution >= 4 is 11.3 Å². The number of hydrogen-bond donors (Lipinski definition) is 1. The minimum Gasteiger partial charge on any atom is -0.307 e. The van der Waals surface area contributed by atoms with Crippen LogP contribution in [0.3, 0.4) is 0 Å². The Morgan fingerprint density at radius 3 is 2.39 bits per heavy atom. The van der Waals surface area contributed by atoms with Crippen LogP contribution in [0.15, 0.2) is 5.38 Å². The second kappa shape index (κ2) is 4.31. The number of aryl methyl sites for hydroxylation is 1. The van der Waals surface area contributed by atoms with Crippen molar-refractivity contribution in [1.29, 1.82) is 0 Å². The van der Waals surface area contributed by atoms with E-state index in [9.17, 15) is 0 Å². The lowest BCUT2D eigenvalue weighted by Gasteiger charge is -2.54. The third kappa shape index (κ3) is 1.92. The second-order valence-electron chi connectivity index (χ2n) is 6.72. The SMILES string of the molecule is Cc1csc(CNC2C3CC4CC(C3)CC2C4)n1. The van der Waals surface area contributed by atoms with E-state index < -0.39 is 0 Å². The van der Waals surface area contributed by atoms with Gasteiger partial charge in [0.25, 0.3) is 0 Å². The van der Waals surface area contributed by atoms with Crippen molar-refractivity contribution in [2.24, 2.45) is 23.7 Å². The first-order valence-electron chi connectivity index (χ1n) is 7.42. The molecule has 98 valence electrons. The average molecular weight is 262 g/mol. The lowest BCUT2D eigenvalue weighted by atomic mass is 9.54. The summed E-state index contributed by atoms with van der Waals surface area (Å²) in [5.41, 5.74) is 1.17. The molecular weight excluding hydrogens is 240 g/mol. The predicted molar refractivity (Wildman–Crippen MR) is 74.5 cm³/mol. The van der Waals surface area contributed by atoms with Gasteiger partial charge in [0.15, 0.2) is 0 Å². The molecule has 4 saturated carbocycles. The van der Waals surface area contributed by atoms with Crippen LogP contribution in [0.1, 0.15) is 42.8 Å². The molecule has 4 bridgehead atoms. The van der Waals surface area contributed by atoms with Gasteiger partial charge in [0.05, 0.1) is 0 Å². The first-order valence-corrected chi connectivity index (χ1v) is 8.30. The van der Waals surface area contributed by atoms with E-state index in [0.717, 1.165) is 36.3 Å². The molecule has 0 spiro atoms. The maximum absolute atomic E-state index is 4.57. The maximum Gasteiger partial charge on any atom is 0.107 e. The Hall–Kier alpha value is -0.410. The summed E-state index contributed by atoms with van der Waals surface area (Å²) in [5.74, 6) is 4.10. The standard InChI is InChI=1S/C15H22N2S/c1-9-8-18-14(17-9)7-16-15-12-3-10-2-11(5-12)6-13(15)4-10/h8,10-13,15-16H,2-7H2,1H3. The predicted octanol–water partition coefficient (Wildman–Crippen LogP) is 3.37. The minimum atomic E-state index is 0.794. The Morgan fingerprint density at radius 2 is 1.83 bits per heavy atom. The van der Waals surface area contributed by atoms with E-state index in [1.165, 1.54) is 36.4 Å². The average Bonchev–Trinajstić information content (AvgIpc) is 2.73. The molecule has 0 aliphatic heterocycles. The van der Waals surface area contributed by atoms with Gasteiger partial charge in [0, 0.05) is 23.7 Å². The van der Waals surface area contributed by atoms with Gasteiger partial charge in [-0.2, -0.15) is 0 Å². The molecule has 1 aromatic heterocycles. The van der Waals surface area contributed by atoms with E-state index in [2.05, 4.69) is 22.6 Å². The highest BCUT2D eigenvalue weighted by molar-refractivity contribution is 7.09. The fourth-order valence-corrected chi connectivity index (χ4v) is 5.67. The van der Waals surface area contributed by atoms with Crippen molar-refractivity contribution in [2.45, 2.75) is 51.6 Å². The molecule has 18 heavy (non-hydrogen) atoms. The third-order valence-corrected chi connectivity index (χ3v) is 6.35. The first kappa shape index (κ1) is 11.4. The fourth-order valence-electron chi connectivity index (χ4n) is 4.95. The van der Waals surface area contributed by atoms with Crippen LogP contribution in [0.5, 0.6) is 0 Å². The number of nitrogens with zero attached hydrogens (tertiary/aromatic N) is 1. The van der Waals surface area contributed by atoms with Crippen LogP contribution in [0.4, 0.5) is 0 Å². The monoisotopic (exact) mass is 262 g/mol. The normalized spacial score (nSPS) is 41.5. The van der Waals surface area contributed by atoms with Crippen molar-refractivity contribution in [3.63, 3.8) is 0 Å². The molecular formula is C15H22N2S. The summed E-state index contributed by atoms with van der Waals surface area (Å²) in [7, 11) is 0. The Balaban J connectivity index is 1.43. The van der Waals surface area contributed by atoms with Crippen LogP contribution in [0.25, 0.3) is 0 Å². The number of thiazole rings is 1. The minimum absolute atomic E-state index is 0.794. The zero-order chi connectivity index (χ0) is 12.1. The van der Waals surface area contributed by atoms with Crippen LogP contribution in [0.2, 0.25) is 0 Å². The molecule has 4 fully saturated rings. The van der Waals surface area contributed by atoms with E-state index in [4.69, 9.17) is 0 Å². The second-order valence-corrected chi connectivity index (χ2v) is 7.66. The first-order chi connectivity index (χ1) is 8.78. The summed E-state index contributed by atoms with van der Waals surface area (Å²) in [6.07, 6.45) is 7.55. The molecule has 1 N–H and O–H groups in total. The summed E-state index contributed by atoms with van der Waals surface area (Å²) >= 11 is 1.80. The van der Waals surface area contributed by atoms with Crippen LogP contribution in [0, 0.1) is 30.6 Å². The molecule has 5 rings (SSSR count). The van der Waals surface area contributed by atoms with Crippen molar-refractivity contribution in [3.05, 3.63) is 16.1 Å². The zero-order valence-electron chi connectivity index (χ0n) is 11.1. The lowest BCUT2D eigenvalue weighted by Crippen LogP contribution is -2.54. The fraction of sp³-hybridized carbons (Fsp3) is 0.800. The molecule has 0 saturated heterocycles. The van der Waals surface area contributed by atoms with Gasteiger partial charge in [-0.15, -0.1) is 11.3 Å². The van der Waals surface area contributed by atoms with Crippen molar-refractivity contribution < 1.29 is 0 Å². The molecule has 3 heteroatoms. The summed E-state index contributed by atoms with van der Waals surface area (Å²) in [6.45, 7) is 3.08. The van der Waals surface area contributed by atoms with E-state index in [1.807, 2.05) is 0 Å². The number of nitrogens with one attached hydrogen (secondary N) is 1. The van der Waals surface area contributed by atoms with Gasteiger partial charge in [-0.25, -0.2) is 4.98 Å². The molecule has 0 unspecified atom stereocenters. The highest BCUT2D eigenvalue weighted by atomic mass is 32.1. The Bertz CT molecular complexity index is 411.